The molecular weight excluding hydrogens is 639 g/mol. The van der Waals surface area contributed by atoms with Crippen molar-refractivity contribution in [1.82, 2.24) is 0 Å². The third-order valence-corrected chi connectivity index (χ3v) is 10.6. The van der Waals surface area contributed by atoms with E-state index in [1.165, 1.54) is 65.7 Å². The van der Waals surface area contributed by atoms with E-state index in [1.807, 2.05) is 0 Å². The molecule has 0 saturated heterocycles. The summed E-state index contributed by atoms with van der Waals surface area (Å²) in [6.45, 7) is 2.27. The van der Waals surface area contributed by atoms with Gasteiger partial charge in [-0.05, 0) is 6.07 Å². The van der Waals surface area contributed by atoms with E-state index in [-0.39, 0.29) is 5.92 Å². The molecule has 0 aliphatic heterocycles. The fourth-order valence-corrected chi connectivity index (χ4v) is 8.09. The molecule has 1 unspecified atom stereocenters. The van der Waals surface area contributed by atoms with Gasteiger partial charge in [-0.3, -0.25) is 0 Å². The molecule has 1 atom stereocenters. The van der Waals surface area contributed by atoms with Crippen molar-refractivity contribution in [2.75, 3.05) is 0 Å². The monoisotopic (exact) mass is 671 g/mol. The number of rotatable bonds is 8. The SMILES string of the molecule is CCC([CH-]c1ccccc1-c1ccc2oc3cccc4c5ccccc5c1c2c34)c1ccccc1[C](=[Ni])c1ccc(-c2ccccc2)cc1. The Kier molecular flexibility index (Phi) is 7.41. The topological polar surface area (TPSA) is 13.1 Å². The molecule has 0 N–H and O–H groups in total. The molecule has 9 rings (SSSR count). The van der Waals surface area contributed by atoms with Gasteiger partial charge < -0.3 is 0 Å². The Morgan fingerprint density at radius 3 is 2.04 bits per heavy atom. The Morgan fingerprint density at radius 2 is 1.20 bits per heavy atom. The molecule has 0 fully saturated rings. The molecule has 9 aromatic rings. The van der Waals surface area contributed by atoms with Gasteiger partial charge in [-0.1, -0.05) is 18.2 Å². The van der Waals surface area contributed by atoms with Gasteiger partial charge in [0.2, 0.25) is 0 Å². The zero-order chi connectivity index (χ0) is 32.9. The van der Waals surface area contributed by atoms with Crippen LogP contribution < -0.4 is 0 Å². The summed E-state index contributed by atoms with van der Waals surface area (Å²) in [4.78, 5) is 0. The summed E-state index contributed by atoms with van der Waals surface area (Å²) in [5.41, 5.74) is 11.4. The van der Waals surface area contributed by atoms with Crippen LogP contribution in [0.25, 0.3) is 65.7 Å². The number of fused-ring (bicyclic) bond motifs is 3. The molecule has 0 radical (unpaired) electrons. The van der Waals surface area contributed by atoms with Crippen LogP contribution in [-0.2, 0) is 15.0 Å². The van der Waals surface area contributed by atoms with E-state index in [1.54, 1.807) is 0 Å². The van der Waals surface area contributed by atoms with Crippen LogP contribution >= 0.6 is 0 Å². The summed E-state index contributed by atoms with van der Waals surface area (Å²) in [6, 6.07) is 56.3. The summed E-state index contributed by atoms with van der Waals surface area (Å²) in [7, 11) is 0. The van der Waals surface area contributed by atoms with E-state index in [9.17, 15) is 0 Å². The molecular formula is C47H33NiO-. The van der Waals surface area contributed by atoms with E-state index in [4.69, 9.17) is 19.4 Å². The van der Waals surface area contributed by atoms with Gasteiger partial charge in [0.05, 0.1) is 0 Å². The van der Waals surface area contributed by atoms with Crippen LogP contribution in [0.5, 0.6) is 0 Å². The van der Waals surface area contributed by atoms with Crippen LogP contribution in [0.2, 0.25) is 0 Å². The third kappa shape index (κ3) is 4.98. The van der Waals surface area contributed by atoms with E-state index >= 15 is 0 Å². The van der Waals surface area contributed by atoms with Crippen molar-refractivity contribution in [1.29, 1.82) is 0 Å². The quantitative estimate of drug-likeness (QED) is 0.0890. The first-order valence-corrected chi connectivity index (χ1v) is 17.5. The molecule has 0 amide bonds. The van der Waals surface area contributed by atoms with Crippen LogP contribution in [0.3, 0.4) is 0 Å². The second kappa shape index (κ2) is 12.2. The van der Waals surface area contributed by atoms with E-state index < -0.39 is 0 Å². The molecule has 8 aromatic carbocycles. The summed E-state index contributed by atoms with van der Waals surface area (Å²) in [5.74, 6) is 0.180. The van der Waals surface area contributed by atoms with Crippen LogP contribution in [0.1, 0.15) is 41.5 Å². The first kappa shape index (κ1) is 29.7. The minimum absolute atomic E-state index is 0.180. The van der Waals surface area contributed by atoms with Crippen LogP contribution in [0.4, 0.5) is 0 Å². The fraction of sp³-hybridized carbons (Fsp3) is 0.0638. The van der Waals surface area contributed by atoms with E-state index in [0.717, 1.165) is 33.2 Å². The second-order valence-electron chi connectivity index (χ2n) is 12.8. The van der Waals surface area contributed by atoms with Crippen molar-refractivity contribution in [2.45, 2.75) is 19.3 Å². The summed E-state index contributed by atoms with van der Waals surface area (Å²) in [6.07, 6.45) is 3.40. The Bertz CT molecular complexity index is 2630. The minimum atomic E-state index is 0.180. The van der Waals surface area contributed by atoms with Gasteiger partial charge in [-0.25, -0.2) is 0 Å². The van der Waals surface area contributed by atoms with Crippen LogP contribution in [0, 0.1) is 6.42 Å². The molecule has 238 valence electrons. The molecule has 1 aromatic heterocycles. The van der Waals surface area contributed by atoms with Gasteiger partial charge in [0.15, 0.2) is 0 Å². The van der Waals surface area contributed by atoms with Gasteiger partial charge >= 0.3 is 271 Å². The maximum absolute atomic E-state index is 6.43. The van der Waals surface area contributed by atoms with Gasteiger partial charge in [0.25, 0.3) is 0 Å². The fourth-order valence-electron chi connectivity index (χ4n) is 7.70. The Balaban J connectivity index is 1.13. The normalized spacial score (nSPS) is 12.3. The molecule has 0 aliphatic carbocycles. The van der Waals surface area contributed by atoms with Gasteiger partial charge in [0.1, 0.15) is 0 Å². The summed E-state index contributed by atoms with van der Waals surface area (Å²) >= 11 is 5.80. The number of hydrogen-bond acceptors (Lipinski definition) is 1. The average Bonchev–Trinajstić information content (AvgIpc) is 3.56. The predicted octanol–water partition coefficient (Wildman–Crippen LogP) is 12.5. The van der Waals surface area contributed by atoms with Gasteiger partial charge in [-0.2, -0.15) is 0 Å². The van der Waals surface area contributed by atoms with Crippen molar-refractivity contribution >= 4 is 48.0 Å². The molecule has 0 bridgehead atoms. The van der Waals surface area contributed by atoms with Crippen LogP contribution in [-0.4, -0.2) is 4.49 Å². The van der Waals surface area contributed by atoms with Gasteiger partial charge in [0, 0.05) is 0 Å². The van der Waals surface area contributed by atoms with Gasteiger partial charge in [-0.15, -0.1) is 0 Å². The average molecular weight is 672 g/mol. The number of furan rings is 1. The Hall–Kier alpha value is -5.43. The van der Waals surface area contributed by atoms with Crippen molar-refractivity contribution in [3.05, 3.63) is 186 Å². The maximum atomic E-state index is 6.43. The number of hydrogen-bond donors (Lipinski definition) is 0. The molecule has 0 saturated carbocycles. The van der Waals surface area contributed by atoms with Crippen molar-refractivity contribution in [3.8, 4) is 22.3 Å². The molecule has 1 nitrogen and oxygen atoms in total. The molecule has 2 heteroatoms. The molecule has 1 heterocycles. The number of benzene rings is 8. The van der Waals surface area contributed by atoms with Crippen molar-refractivity contribution in [3.63, 3.8) is 0 Å². The van der Waals surface area contributed by atoms with Crippen molar-refractivity contribution < 1.29 is 19.4 Å². The van der Waals surface area contributed by atoms with Crippen molar-refractivity contribution in [2.24, 2.45) is 0 Å². The van der Waals surface area contributed by atoms with E-state index in [0.29, 0.717) is 0 Å². The molecule has 49 heavy (non-hydrogen) atoms. The van der Waals surface area contributed by atoms with E-state index in [2.05, 4.69) is 171 Å². The zero-order valence-electron chi connectivity index (χ0n) is 27.1. The molecule has 0 aliphatic rings. The summed E-state index contributed by atoms with van der Waals surface area (Å²) in [5, 5.41) is 7.42. The predicted molar refractivity (Wildman–Crippen MR) is 203 cm³/mol. The summed E-state index contributed by atoms with van der Waals surface area (Å²) < 4.78 is 7.35. The zero-order valence-corrected chi connectivity index (χ0v) is 28.1. The van der Waals surface area contributed by atoms with Crippen LogP contribution in [0.15, 0.2) is 162 Å². The standard InChI is InChI=1S/C47H33O.Ni/c1-2-32(37-17-8-6-15-35(37)29-31-23-25-34(26-24-31)33-13-4-3-5-14-33)30-36-16-7-9-18-38(36)42-27-28-44-47-45(42)40-20-11-10-19-39(40)41-21-12-22-43(48-44)46(41)47;/h3-28,30,32H,2H2,1H3;/q-1;. The second-order valence-corrected chi connectivity index (χ2v) is 13.3. The third-order valence-electron chi connectivity index (χ3n) is 10.0. The first-order valence-electron chi connectivity index (χ1n) is 17.0. The first-order chi connectivity index (χ1) is 24.2. The molecule has 0 spiro atoms. The Morgan fingerprint density at radius 1 is 0.551 bits per heavy atom. The Labute approximate surface area is 294 Å².